The second-order valence-corrected chi connectivity index (χ2v) is 4.08. The summed E-state index contributed by atoms with van der Waals surface area (Å²) in [5, 5.41) is 16.7. The van der Waals surface area contributed by atoms with Crippen LogP contribution in [0.1, 0.15) is 6.92 Å². The standard InChI is InChI=1S/C9H11O4P/c1-9(14,8(11)12)13-7-5-3-2-4-6(7)10/h2-5,10H,14H2,1H3,(H,11,12). The van der Waals surface area contributed by atoms with Crippen LogP contribution in [0.4, 0.5) is 0 Å². The summed E-state index contributed by atoms with van der Waals surface area (Å²) in [6.07, 6.45) is 0. The Bertz CT molecular complexity index is 348. The first-order valence-electron chi connectivity index (χ1n) is 3.93. The second-order valence-electron chi connectivity index (χ2n) is 2.98. The molecular weight excluding hydrogens is 203 g/mol. The average molecular weight is 214 g/mol. The fraction of sp³-hybridized carbons (Fsp3) is 0.222. The minimum Gasteiger partial charge on any atom is -0.504 e. The molecule has 0 heterocycles. The largest absolute Gasteiger partial charge is 0.504 e. The first kappa shape index (κ1) is 10.8. The van der Waals surface area contributed by atoms with Crippen LogP contribution in [0.5, 0.6) is 11.5 Å². The number of benzene rings is 1. The summed E-state index contributed by atoms with van der Waals surface area (Å²) < 4.78 is 5.11. The molecule has 14 heavy (non-hydrogen) atoms. The van der Waals surface area contributed by atoms with Crippen molar-refractivity contribution in [2.45, 2.75) is 12.3 Å². The Kier molecular flexibility index (Phi) is 2.96. The lowest BCUT2D eigenvalue weighted by atomic mass is 10.3. The van der Waals surface area contributed by atoms with E-state index in [0.29, 0.717) is 0 Å². The van der Waals surface area contributed by atoms with Crippen molar-refractivity contribution >= 4 is 15.2 Å². The van der Waals surface area contributed by atoms with Crippen LogP contribution < -0.4 is 4.74 Å². The van der Waals surface area contributed by atoms with E-state index in [4.69, 9.17) is 9.84 Å². The van der Waals surface area contributed by atoms with Crippen LogP contribution in [0.25, 0.3) is 0 Å². The average Bonchev–Trinajstić information content (AvgIpc) is 2.08. The normalized spacial score (nSPS) is 14.4. The molecule has 0 amide bonds. The van der Waals surface area contributed by atoms with E-state index in [9.17, 15) is 9.90 Å². The highest BCUT2D eigenvalue weighted by Crippen LogP contribution is 2.31. The fourth-order valence-electron chi connectivity index (χ4n) is 0.816. The smallest absolute Gasteiger partial charge is 0.351 e. The van der Waals surface area contributed by atoms with Gasteiger partial charge in [0.05, 0.1) is 0 Å². The molecule has 0 saturated heterocycles. The quantitative estimate of drug-likeness (QED) is 0.747. The van der Waals surface area contributed by atoms with Gasteiger partial charge in [0, 0.05) is 0 Å². The van der Waals surface area contributed by atoms with E-state index in [1.54, 1.807) is 12.1 Å². The lowest BCUT2D eigenvalue weighted by Crippen LogP contribution is -2.34. The number of phenolic OH excluding ortho intramolecular Hbond substituents is 1. The van der Waals surface area contributed by atoms with Crippen molar-refractivity contribution in [3.8, 4) is 11.5 Å². The summed E-state index contributed by atoms with van der Waals surface area (Å²) in [6.45, 7) is 1.38. The molecule has 0 saturated carbocycles. The third-order valence-electron chi connectivity index (χ3n) is 1.61. The Labute approximate surface area is 83.7 Å². The van der Waals surface area contributed by atoms with Crippen molar-refractivity contribution in [3.05, 3.63) is 24.3 Å². The van der Waals surface area contributed by atoms with Crippen molar-refractivity contribution in [2.75, 3.05) is 0 Å². The van der Waals surface area contributed by atoms with Gasteiger partial charge in [0.1, 0.15) is 0 Å². The van der Waals surface area contributed by atoms with E-state index in [1.165, 1.54) is 19.1 Å². The van der Waals surface area contributed by atoms with Gasteiger partial charge in [-0.1, -0.05) is 21.4 Å². The van der Waals surface area contributed by atoms with Crippen LogP contribution in [-0.4, -0.2) is 21.5 Å². The van der Waals surface area contributed by atoms with Crippen LogP contribution in [-0.2, 0) is 4.79 Å². The molecule has 4 nitrogen and oxygen atoms in total. The number of carbonyl (C=O) groups is 1. The number of hydrogen-bond acceptors (Lipinski definition) is 3. The van der Waals surface area contributed by atoms with Crippen molar-refractivity contribution in [3.63, 3.8) is 0 Å². The van der Waals surface area contributed by atoms with Gasteiger partial charge >= 0.3 is 5.97 Å². The maximum atomic E-state index is 10.7. The Balaban J connectivity index is 2.89. The molecular formula is C9H11O4P. The molecule has 0 radical (unpaired) electrons. The first-order chi connectivity index (χ1) is 6.43. The highest BCUT2D eigenvalue weighted by molar-refractivity contribution is 7.20. The summed E-state index contributed by atoms with van der Waals surface area (Å²) >= 11 is 0. The Morgan fingerprint density at radius 1 is 1.50 bits per heavy atom. The van der Waals surface area contributed by atoms with Crippen LogP contribution in [0, 0.1) is 0 Å². The molecule has 0 aliphatic heterocycles. The Hall–Kier alpha value is -1.28. The van der Waals surface area contributed by atoms with Gasteiger partial charge in [-0.15, -0.1) is 0 Å². The molecule has 1 aromatic carbocycles. The first-order valence-corrected chi connectivity index (χ1v) is 4.50. The number of carboxylic acids is 1. The molecule has 2 N–H and O–H groups in total. The van der Waals surface area contributed by atoms with Gasteiger partial charge < -0.3 is 14.9 Å². The van der Waals surface area contributed by atoms with Crippen LogP contribution in [0.3, 0.4) is 0 Å². The lowest BCUT2D eigenvalue weighted by molar-refractivity contribution is -0.146. The zero-order valence-electron chi connectivity index (χ0n) is 7.60. The molecule has 1 rings (SSSR count). The summed E-state index contributed by atoms with van der Waals surface area (Å²) in [5.74, 6) is -1.06. The highest BCUT2D eigenvalue weighted by Gasteiger charge is 2.30. The number of ether oxygens (including phenoxy) is 1. The number of phenols is 1. The summed E-state index contributed by atoms with van der Waals surface area (Å²) in [4.78, 5) is 10.7. The van der Waals surface area contributed by atoms with Crippen LogP contribution >= 0.6 is 9.24 Å². The molecule has 0 fully saturated rings. The maximum Gasteiger partial charge on any atom is 0.351 e. The fourth-order valence-corrected chi connectivity index (χ4v) is 0.943. The summed E-state index contributed by atoms with van der Waals surface area (Å²) in [6, 6.07) is 6.21. The monoisotopic (exact) mass is 214 g/mol. The molecule has 2 atom stereocenters. The third-order valence-corrected chi connectivity index (χ3v) is 1.98. The predicted octanol–water partition coefficient (Wildman–Crippen LogP) is 1.45. The van der Waals surface area contributed by atoms with Crippen molar-refractivity contribution in [2.24, 2.45) is 0 Å². The van der Waals surface area contributed by atoms with E-state index in [-0.39, 0.29) is 11.5 Å². The molecule has 76 valence electrons. The third kappa shape index (κ3) is 2.36. The second kappa shape index (κ2) is 3.84. The maximum absolute atomic E-state index is 10.7. The molecule has 0 bridgehead atoms. The van der Waals surface area contributed by atoms with Crippen LogP contribution in [0.15, 0.2) is 24.3 Å². The number of aliphatic carboxylic acids is 1. The number of rotatable bonds is 3. The molecule has 0 aliphatic rings. The summed E-state index contributed by atoms with van der Waals surface area (Å²) in [5.41, 5.74) is 0. The van der Waals surface area contributed by atoms with E-state index in [0.717, 1.165) is 0 Å². The Morgan fingerprint density at radius 3 is 2.57 bits per heavy atom. The molecule has 5 heteroatoms. The molecule has 0 aliphatic carbocycles. The minimum absolute atomic E-state index is 0.0811. The predicted molar refractivity (Wildman–Crippen MR) is 54.5 cm³/mol. The van der Waals surface area contributed by atoms with Crippen molar-refractivity contribution in [1.82, 2.24) is 0 Å². The highest BCUT2D eigenvalue weighted by atomic mass is 31.0. The number of carboxylic acid groups (broad SMARTS) is 1. The van der Waals surface area contributed by atoms with E-state index < -0.39 is 11.3 Å². The van der Waals surface area contributed by atoms with E-state index in [1.807, 2.05) is 0 Å². The SMILES string of the molecule is CC(P)(Oc1ccccc1O)C(=O)O. The minimum atomic E-state index is -1.43. The van der Waals surface area contributed by atoms with Gasteiger partial charge in [0.15, 0.2) is 11.5 Å². The van der Waals surface area contributed by atoms with Gasteiger partial charge in [-0.05, 0) is 19.1 Å². The summed E-state index contributed by atoms with van der Waals surface area (Å²) in [7, 11) is 2.07. The number of aromatic hydroxyl groups is 1. The van der Waals surface area contributed by atoms with Gasteiger partial charge in [0.2, 0.25) is 5.34 Å². The number of para-hydroxylation sites is 2. The van der Waals surface area contributed by atoms with Gasteiger partial charge in [-0.3, -0.25) is 0 Å². The molecule has 1 aromatic rings. The zero-order valence-corrected chi connectivity index (χ0v) is 8.75. The van der Waals surface area contributed by atoms with Crippen molar-refractivity contribution < 1.29 is 19.7 Å². The van der Waals surface area contributed by atoms with E-state index in [2.05, 4.69) is 9.24 Å². The topological polar surface area (TPSA) is 66.8 Å². The van der Waals surface area contributed by atoms with Crippen molar-refractivity contribution in [1.29, 1.82) is 0 Å². The Morgan fingerprint density at radius 2 is 2.07 bits per heavy atom. The molecule has 2 unspecified atom stereocenters. The van der Waals surface area contributed by atoms with E-state index >= 15 is 0 Å². The van der Waals surface area contributed by atoms with Gasteiger partial charge in [-0.25, -0.2) is 4.79 Å². The number of hydrogen-bond donors (Lipinski definition) is 2. The zero-order chi connectivity index (χ0) is 10.8. The molecule has 0 spiro atoms. The molecule has 0 aromatic heterocycles. The lowest BCUT2D eigenvalue weighted by Gasteiger charge is -2.21. The van der Waals surface area contributed by atoms with Gasteiger partial charge in [-0.2, -0.15) is 0 Å². The van der Waals surface area contributed by atoms with Gasteiger partial charge in [0.25, 0.3) is 0 Å². The van der Waals surface area contributed by atoms with Crippen LogP contribution in [0.2, 0.25) is 0 Å².